The third-order valence-corrected chi connectivity index (χ3v) is 3.59. The fraction of sp³-hybridized carbons (Fsp3) is 0.111. The molecular formula is C18H16. The average molecular weight is 232 g/mol. The van der Waals surface area contributed by atoms with Crippen molar-refractivity contribution >= 4 is 34.7 Å². The Kier molecular flexibility index (Phi) is 2.45. The average Bonchev–Trinajstić information content (AvgIpc) is 2.38. The van der Waals surface area contributed by atoms with Crippen LogP contribution < -0.4 is 10.4 Å². The molecule has 3 aromatic rings. The number of fused-ring (bicyclic) bond motifs is 3. The largest absolute Gasteiger partial charge is 0.0911 e. The van der Waals surface area contributed by atoms with Gasteiger partial charge in [-0.25, -0.2) is 0 Å². The molecule has 0 unspecified atom stereocenters. The Bertz CT molecular complexity index is 841. The summed E-state index contributed by atoms with van der Waals surface area (Å²) < 4.78 is 0. The van der Waals surface area contributed by atoms with Gasteiger partial charge >= 0.3 is 0 Å². The van der Waals surface area contributed by atoms with Gasteiger partial charge in [-0.1, -0.05) is 62.5 Å². The van der Waals surface area contributed by atoms with E-state index in [9.17, 15) is 0 Å². The van der Waals surface area contributed by atoms with Crippen LogP contribution in [0.5, 0.6) is 0 Å². The molecule has 0 N–H and O–H groups in total. The van der Waals surface area contributed by atoms with Gasteiger partial charge in [0.1, 0.15) is 0 Å². The first-order chi connectivity index (χ1) is 8.70. The van der Waals surface area contributed by atoms with Gasteiger partial charge in [-0.05, 0) is 44.0 Å². The number of benzene rings is 3. The maximum absolute atomic E-state index is 4.22. The minimum Gasteiger partial charge on any atom is -0.0911 e. The third-order valence-electron chi connectivity index (χ3n) is 3.59. The van der Waals surface area contributed by atoms with Crippen molar-refractivity contribution in [2.75, 3.05) is 0 Å². The Morgan fingerprint density at radius 2 is 1.56 bits per heavy atom. The normalized spacial score (nSPS) is 11.2. The smallest absolute Gasteiger partial charge is 0.00328 e. The lowest BCUT2D eigenvalue weighted by molar-refractivity contribution is 1.14. The van der Waals surface area contributed by atoms with Crippen LogP contribution in [0.1, 0.15) is 12.5 Å². The monoisotopic (exact) mass is 232 g/mol. The van der Waals surface area contributed by atoms with Gasteiger partial charge in [0.05, 0.1) is 0 Å². The number of hydrogen-bond donors (Lipinski definition) is 0. The Labute approximate surface area is 107 Å². The SMILES string of the molecule is C=c1cccc2ccc3cc(CC)cc(=C)c3c12. The predicted octanol–water partition coefficient (Wildman–Crippen LogP) is 3.38. The van der Waals surface area contributed by atoms with Crippen molar-refractivity contribution < 1.29 is 0 Å². The zero-order valence-electron chi connectivity index (χ0n) is 10.7. The van der Waals surface area contributed by atoms with Gasteiger partial charge in [0.25, 0.3) is 0 Å². The quantitative estimate of drug-likeness (QED) is 0.564. The summed E-state index contributed by atoms with van der Waals surface area (Å²) in [6, 6.07) is 15.1. The molecule has 0 aliphatic carbocycles. The van der Waals surface area contributed by atoms with E-state index in [4.69, 9.17) is 0 Å². The first kappa shape index (κ1) is 11.0. The molecule has 0 bridgehead atoms. The van der Waals surface area contributed by atoms with E-state index in [-0.39, 0.29) is 0 Å². The molecule has 0 amide bonds. The summed E-state index contributed by atoms with van der Waals surface area (Å²) in [5, 5.41) is 7.17. The minimum atomic E-state index is 1.04. The van der Waals surface area contributed by atoms with E-state index in [1.165, 1.54) is 27.1 Å². The molecule has 0 nitrogen and oxygen atoms in total. The zero-order valence-corrected chi connectivity index (χ0v) is 10.7. The van der Waals surface area contributed by atoms with E-state index in [0.29, 0.717) is 0 Å². The van der Waals surface area contributed by atoms with Crippen molar-refractivity contribution in [2.24, 2.45) is 0 Å². The second-order valence-electron chi connectivity index (χ2n) is 4.79. The van der Waals surface area contributed by atoms with Crippen LogP contribution >= 0.6 is 0 Å². The first-order valence-electron chi connectivity index (χ1n) is 6.33. The summed E-state index contributed by atoms with van der Waals surface area (Å²) in [4.78, 5) is 0. The van der Waals surface area contributed by atoms with Gasteiger partial charge in [-0.15, -0.1) is 0 Å². The van der Waals surface area contributed by atoms with Crippen molar-refractivity contribution in [3.8, 4) is 0 Å². The zero-order chi connectivity index (χ0) is 12.7. The summed E-state index contributed by atoms with van der Waals surface area (Å²) in [6.07, 6.45) is 1.04. The molecule has 0 fully saturated rings. The molecule has 3 rings (SSSR count). The van der Waals surface area contributed by atoms with Crippen molar-refractivity contribution in [1.29, 1.82) is 0 Å². The number of aryl methyl sites for hydroxylation is 1. The lowest BCUT2D eigenvalue weighted by Gasteiger charge is -2.07. The maximum Gasteiger partial charge on any atom is -0.00328 e. The van der Waals surface area contributed by atoms with E-state index in [1.807, 2.05) is 0 Å². The highest BCUT2D eigenvalue weighted by Gasteiger charge is 2.03. The van der Waals surface area contributed by atoms with E-state index in [2.05, 4.69) is 62.5 Å². The fourth-order valence-electron chi connectivity index (χ4n) is 2.68. The molecule has 0 spiro atoms. The van der Waals surface area contributed by atoms with E-state index in [0.717, 1.165) is 16.9 Å². The van der Waals surface area contributed by atoms with Crippen LogP contribution in [0.3, 0.4) is 0 Å². The minimum absolute atomic E-state index is 1.04. The first-order valence-corrected chi connectivity index (χ1v) is 6.33. The standard InChI is InChI=1S/C18H16/c1-4-14-10-13(3)18-16(11-14)9-8-15-7-5-6-12(2)17(15)18/h5-11H,2-4H2,1H3. The highest BCUT2D eigenvalue weighted by molar-refractivity contribution is 6.07. The van der Waals surface area contributed by atoms with Crippen LogP contribution in [-0.4, -0.2) is 0 Å². The maximum atomic E-state index is 4.22. The van der Waals surface area contributed by atoms with Gasteiger partial charge in [0, 0.05) is 0 Å². The summed E-state index contributed by atoms with van der Waals surface area (Å²) in [5.74, 6) is 0. The molecule has 3 aromatic carbocycles. The van der Waals surface area contributed by atoms with Gasteiger partial charge in [0.2, 0.25) is 0 Å². The topological polar surface area (TPSA) is 0 Å². The van der Waals surface area contributed by atoms with Crippen LogP contribution in [0.2, 0.25) is 0 Å². The molecule has 0 aromatic heterocycles. The summed E-state index contributed by atoms with van der Waals surface area (Å²) in [7, 11) is 0. The Morgan fingerprint density at radius 3 is 2.33 bits per heavy atom. The molecule has 0 heterocycles. The molecule has 0 aliphatic rings. The Balaban J connectivity index is 2.63. The van der Waals surface area contributed by atoms with E-state index in [1.54, 1.807) is 0 Å². The van der Waals surface area contributed by atoms with Crippen molar-refractivity contribution in [3.05, 3.63) is 58.5 Å². The third kappa shape index (κ3) is 1.53. The van der Waals surface area contributed by atoms with Gasteiger partial charge in [0.15, 0.2) is 0 Å². The van der Waals surface area contributed by atoms with Gasteiger partial charge in [-0.3, -0.25) is 0 Å². The van der Waals surface area contributed by atoms with Crippen LogP contribution in [-0.2, 0) is 6.42 Å². The predicted molar refractivity (Wildman–Crippen MR) is 81.1 cm³/mol. The van der Waals surface area contributed by atoms with E-state index >= 15 is 0 Å². The van der Waals surface area contributed by atoms with Crippen molar-refractivity contribution in [2.45, 2.75) is 13.3 Å². The highest BCUT2D eigenvalue weighted by Crippen LogP contribution is 2.20. The molecule has 0 aliphatic heterocycles. The molecular weight excluding hydrogens is 216 g/mol. The molecule has 0 saturated heterocycles. The molecule has 0 atom stereocenters. The molecule has 0 saturated carbocycles. The van der Waals surface area contributed by atoms with Gasteiger partial charge in [-0.2, -0.15) is 0 Å². The molecule has 0 heteroatoms. The second-order valence-corrected chi connectivity index (χ2v) is 4.79. The lowest BCUT2D eigenvalue weighted by Crippen LogP contribution is -2.07. The van der Waals surface area contributed by atoms with E-state index < -0.39 is 0 Å². The van der Waals surface area contributed by atoms with Crippen molar-refractivity contribution in [3.63, 3.8) is 0 Å². The molecule has 0 radical (unpaired) electrons. The summed E-state index contributed by atoms with van der Waals surface area (Å²) >= 11 is 0. The fourth-order valence-corrected chi connectivity index (χ4v) is 2.68. The summed E-state index contributed by atoms with van der Waals surface area (Å²) in [5.41, 5.74) is 1.34. The Morgan fingerprint density at radius 1 is 0.833 bits per heavy atom. The van der Waals surface area contributed by atoms with Gasteiger partial charge < -0.3 is 0 Å². The number of hydrogen-bond acceptors (Lipinski definition) is 0. The summed E-state index contributed by atoms with van der Waals surface area (Å²) in [6.45, 7) is 10.6. The van der Waals surface area contributed by atoms with Crippen LogP contribution in [0.4, 0.5) is 0 Å². The second kappa shape index (κ2) is 3.99. The highest BCUT2D eigenvalue weighted by atomic mass is 14.1. The van der Waals surface area contributed by atoms with Crippen LogP contribution in [0.15, 0.2) is 42.5 Å². The lowest BCUT2D eigenvalue weighted by atomic mass is 9.97. The number of rotatable bonds is 1. The van der Waals surface area contributed by atoms with Crippen molar-refractivity contribution in [1.82, 2.24) is 0 Å². The molecule has 18 heavy (non-hydrogen) atoms. The van der Waals surface area contributed by atoms with Crippen LogP contribution in [0, 0.1) is 0 Å². The molecule has 88 valence electrons. The Hall–Kier alpha value is -2.08. The van der Waals surface area contributed by atoms with Crippen LogP contribution in [0.25, 0.3) is 34.7 Å².